The molecule has 1 amide bonds. The number of alkyl halides is 1. The van der Waals surface area contributed by atoms with E-state index in [2.05, 4.69) is 28.2 Å². The number of benzene rings is 1. The van der Waals surface area contributed by atoms with Crippen molar-refractivity contribution in [3.8, 4) is 5.75 Å². The smallest absolute Gasteiger partial charge is 0.227 e. The summed E-state index contributed by atoms with van der Waals surface area (Å²) in [6.07, 6.45) is 2.80. The molecule has 0 fully saturated rings. The first kappa shape index (κ1) is 14.4. The number of ether oxygens (including phenoxy) is 1. The summed E-state index contributed by atoms with van der Waals surface area (Å²) in [6, 6.07) is 7.81. The second kappa shape index (κ2) is 6.94. The molecule has 19 heavy (non-hydrogen) atoms. The number of fused-ring (bicyclic) bond motifs is 1. The molecule has 104 valence electrons. The topological polar surface area (TPSA) is 38.3 Å². The van der Waals surface area contributed by atoms with E-state index >= 15 is 0 Å². The van der Waals surface area contributed by atoms with Gasteiger partial charge in [0.1, 0.15) is 5.75 Å². The quantitative estimate of drug-likeness (QED) is 0.844. The highest BCUT2D eigenvalue weighted by molar-refractivity contribution is 9.09. The van der Waals surface area contributed by atoms with Crippen molar-refractivity contribution in [3.63, 3.8) is 0 Å². The van der Waals surface area contributed by atoms with Gasteiger partial charge in [0.2, 0.25) is 5.91 Å². The van der Waals surface area contributed by atoms with E-state index in [-0.39, 0.29) is 11.8 Å². The number of carbonyl (C=O) groups is 1. The summed E-state index contributed by atoms with van der Waals surface area (Å²) < 4.78 is 5.58. The standard InChI is InChI=1S/C15H20BrNO2/c1-2-11(16)7-9-17-15(18)13-8-10-19-14-6-4-3-5-12(13)14/h3-6,11,13H,2,7-10H2,1H3,(H,17,18). The molecule has 0 radical (unpaired) electrons. The molecule has 1 aliphatic rings. The van der Waals surface area contributed by atoms with Gasteiger partial charge in [0.25, 0.3) is 0 Å². The average molecular weight is 326 g/mol. The largest absolute Gasteiger partial charge is 0.493 e. The van der Waals surface area contributed by atoms with Gasteiger partial charge >= 0.3 is 0 Å². The molecule has 0 spiro atoms. The number of amides is 1. The monoisotopic (exact) mass is 325 g/mol. The van der Waals surface area contributed by atoms with Gasteiger partial charge in [-0.15, -0.1) is 0 Å². The molecule has 2 rings (SSSR count). The lowest BCUT2D eigenvalue weighted by atomic mass is 9.92. The SMILES string of the molecule is CCC(Br)CCNC(=O)C1CCOc2ccccc21. The van der Waals surface area contributed by atoms with E-state index < -0.39 is 0 Å². The second-order valence-corrected chi connectivity index (χ2v) is 6.11. The minimum atomic E-state index is -0.0691. The van der Waals surface area contributed by atoms with Gasteiger partial charge in [0.15, 0.2) is 0 Å². The van der Waals surface area contributed by atoms with Crippen molar-refractivity contribution in [2.75, 3.05) is 13.2 Å². The zero-order chi connectivity index (χ0) is 13.7. The van der Waals surface area contributed by atoms with Gasteiger partial charge in [-0.25, -0.2) is 0 Å². The number of halogens is 1. The molecule has 1 aliphatic heterocycles. The summed E-state index contributed by atoms with van der Waals surface area (Å²) in [4.78, 5) is 12.7. The molecule has 1 heterocycles. The van der Waals surface area contributed by atoms with Crippen molar-refractivity contribution in [3.05, 3.63) is 29.8 Å². The Labute approximate surface area is 122 Å². The van der Waals surface area contributed by atoms with Crippen molar-refractivity contribution in [1.29, 1.82) is 0 Å². The molecule has 1 aromatic rings. The molecule has 0 saturated heterocycles. The van der Waals surface area contributed by atoms with Gasteiger partial charge in [-0.2, -0.15) is 0 Å². The van der Waals surface area contributed by atoms with Crippen LogP contribution in [0.2, 0.25) is 0 Å². The molecule has 0 saturated carbocycles. The summed E-state index contributed by atoms with van der Waals surface area (Å²) in [6.45, 7) is 3.48. The molecule has 3 nitrogen and oxygen atoms in total. The predicted molar refractivity (Wildman–Crippen MR) is 79.9 cm³/mol. The van der Waals surface area contributed by atoms with Gasteiger partial charge in [0, 0.05) is 16.9 Å². The molecule has 1 aromatic carbocycles. The Morgan fingerprint density at radius 1 is 1.53 bits per heavy atom. The summed E-state index contributed by atoms with van der Waals surface area (Å²) in [5.41, 5.74) is 1.01. The van der Waals surface area contributed by atoms with Crippen molar-refractivity contribution < 1.29 is 9.53 Å². The van der Waals surface area contributed by atoms with E-state index in [4.69, 9.17) is 4.74 Å². The fourth-order valence-corrected chi connectivity index (χ4v) is 2.52. The van der Waals surface area contributed by atoms with Crippen LogP contribution in [0.4, 0.5) is 0 Å². The maximum absolute atomic E-state index is 12.2. The molecule has 2 unspecified atom stereocenters. The fraction of sp³-hybridized carbons (Fsp3) is 0.533. The van der Waals surface area contributed by atoms with Crippen LogP contribution >= 0.6 is 15.9 Å². The lowest BCUT2D eigenvalue weighted by molar-refractivity contribution is -0.123. The van der Waals surface area contributed by atoms with Gasteiger partial charge in [-0.1, -0.05) is 41.1 Å². The average Bonchev–Trinajstić information content (AvgIpc) is 2.46. The highest BCUT2D eigenvalue weighted by atomic mass is 79.9. The molecule has 1 N–H and O–H groups in total. The van der Waals surface area contributed by atoms with Gasteiger partial charge in [-0.05, 0) is 25.3 Å². The van der Waals surface area contributed by atoms with E-state index in [1.54, 1.807) is 0 Å². The van der Waals surface area contributed by atoms with E-state index in [0.29, 0.717) is 11.4 Å². The molecule has 0 aromatic heterocycles. The summed E-state index contributed by atoms with van der Waals surface area (Å²) >= 11 is 3.58. The van der Waals surface area contributed by atoms with E-state index in [0.717, 1.165) is 37.1 Å². The van der Waals surface area contributed by atoms with Crippen molar-refractivity contribution in [2.24, 2.45) is 0 Å². The van der Waals surface area contributed by atoms with E-state index in [1.807, 2.05) is 24.3 Å². The lowest BCUT2D eigenvalue weighted by Gasteiger charge is -2.25. The Kier molecular flexibility index (Phi) is 5.25. The van der Waals surface area contributed by atoms with Crippen LogP contribution in [-0.4, -0.2) is 23.9 Å². The predicted octanol–water partition coefficient (Wildman–Crippen LogP) is 3.23. The van der Waals surface area contributed by atoms with Crippen LogP contribution in [0.1, 0.15) is 37.7 Å². The Morgan fingerprint density at radius 2 is 2.32 bits per heavy atom. The first-order chi connectivity index (χ1) is 9.22. The Morgan fingerprint density at radius 3 is 3.11 bits per heavy atom. The third kappa shape index (κ3) is 3.72. The van der Waals surface area contributed by atoms with E-state index in [1.165, 1.54) is 0 Å². The summed E-state index contributed by atoms with van der Waals surface area (Å²) in [5.74, 6) is 0.896. The molecule has 4 heteroatoms. The summed E-state index contributed by atoms with van der Waals surface area (Å²) in [7, 11) is 0. The minimum absolute atomic E-state index is 0.0691. The van der Waals surface area contributed by atoms with Crippen LogP contribution in [0, 0.1) is 0 Å². The highest BCUT2D eigenvalue weighted by Gasteiger charge is 2.26. The number of carbonyl (C=O) groups excluding carboxylic acids is 1. The number of nitrogens with one attached hydrogen (secondary N) is 1. The van der Waals surface area contributed by atoms with Gasteiger partial charge in [-0.3, -0.25) is 4.79 Å². The third-order valence-corrected chi connectivity index (χ3v) is 4.58. The lowest BCUT2D eigenvalue weighted by Crippen LogP contribution is -2.33. The van der Waals surface area contributed by atoms with Crippen LogP contribution in [0.5, 0.6) is 5.75 Å². The maximum Gasteiger partial charge on any atom is 0.227 e. The first-order valence-electron chi connectivity index (χ1n) is 6.86. The van der Waals surface area contributed by atoms with E-state index in [9.17, 15) is 4.79 Å². The highest BCUT2D eigenvalue weighted by Crippen LogP contribution is 2.33. The number of para-hydroxylation sites is 1. The van der Waals surface area contributed by atoms with Crippen LogP contribution in [-0.2, 0) is 4.79 Å². The molecular weight excluding hydrogens is 306 g/mol. The van der Waals surface area contributed by atoms with Crippen LogP contribution in [0.25, 0.3) is 0 Å². The molecule has 2 atom stereocenters. The van der Waals surface area contributed by atoms with Crippen molar-refractivity contribution in [1.82, 2.24) is 5.32 Å². The third-order valence-electron chi connectivity index (χ3n) is 3.47. The maximum atomic E-state index is 12.2. The molecular formula is C15H20BrNO2. The zero-order valence-corrected chi connectivity index (χ0v) is 12.8. The molecule has 0 bridgehead atoms. The second-order valence-electron chi connectivity index (χ2n) is 4.81. The number of hydrogen-bond donors (Lipinski definition) is 1. The number of hydrogen-bond acceptors (Lipinski definition) is 2. The van der Waals surface area contributed by atoms with Gasteiger partial charge < -0.3 is 10.1 Å². The van der Waals surface area contributed by atoms with Crippen LogP contribution < -0.4 is 10.1 Å². The summed E-state index contributed by atoms with van der Waals surface area (Å²) in [5, 5.41) is 3.03. The fourth-order valence-electron chi connectivity index (χ4n) is 2.29. The number of rotatable bonds is 5. The van der Waals surface area contributed by atoms with Crippen molar-refractivity contribution in [2.45, 2.75) is 36.9 Å². The Bertz CT molecular complexity index is 436. The first-order valence-corrected chi connectivity index (χ1v) is 7.77. The normalized spacial score (nSPS) is 19.2. The molecule has 0 aliphatic carbocycles. The van der Waals surface area contributed by atoms with Crippen LogP contribution in [0.15, 0.2) is 24.3 Å². The van der Waals surface area contributed by atoms with Crippen molar-refractivity contribution >= 4 is 21.8 Å². The Balaban J connectivity index is 1.93. The minimum Gasteiger partial charge on any atom is -0.493 e. The van der Waals surface area contributed by atoms with Crippen LogP contribution in [0.3, 0.4) is 0 Å². The Hall–Kier alpha value is -1.03. The zero-order valence-electron chi connectivity index (χ0n) is 11.2. The van der Waals surface area contributed by atoms with Gasteiger partial charge in [0.05, 0.1) is 12.5 Å².